The van der Waals surface area contributed by atoms with Crippen LogP contribution in [-0.2, 0) is 9.47 Å². The third-order valence-corrected chi connectivity index (χ3v) is 4.88. The number of esters is 1. The first-order valence-electron chi connectivity index (χ1n) is 8.58. The molecule has 0 amide bonds. The molecule has 2 aliphatic rings. The molecule has 2 fully saturated rings. The summed E-state index contributed by atoms with van der Waals surface area (Å²) >= 11 is 0. The second-order valence-corrected chi connectivity index (χ2v) is 6.45. The van der Waals surface area contributed by atoms with E-state index in [1.807, 2.05) is 11.6 Å². The van der Waals surface area contributed by atoms with E-state index in [2.05, 4.69) is 5.10 Å². The van der Waals surface area contributed by atoms with Crippen LogP contribution in [0.3, 0.4) is 0 Å². The minimum atomic E-state index is -0.206. The van der Waals surface area contributed by atoms with E-state index in [0.717, 1.165) is 57.4 Å². The number of hydrogen-bond acceptors (Lipinski definition) is 4. The number of nitrogens with zero attached hydrogens (tertiary/aromatic N) is 2. The zero-order valence-corrected chi connectivity index (χ0v) is 13.4. The fraction of sp³-hybridized carbons (Fsp3) is 0.765. The smallest absolute Gasteiger partial charge is 0.341 e. The second kappa shape index (κ2) is 7.27. The molecule has 22 heavy (non-hydrogen) atoms. The lowest BCUT2D eigenvalue weighted by Crippen LogP contribution is -2.22. The fourth-order valence-corrected chi connectivity index (χ4v) is 3.50. The van der Waals surface area contributed by atoms with Crippen LogP contribution >= 0.6 is 0 Å². The summed E-state index contributed by atoms with van der Waals surface area (Å²) in [6.45, 7) is 3.50. The number of hydrogen-bond donors (Lipinski definition) is 0. The van der Waals surface area contributed by atoms with E-state index in [4.69, 9.17) is 9.47 Å². The van der Waals surface area contributed by atoms with Crippen molar-refractivity contribution >= 4 is 5.97 Å². The molecular formula is C17H26N2O3. The van der Waals surface area contributed by atoms with Crippen molar-refractivity contribution < 1.29 is 14.3 Å². The van der Waals surface area contributed by atoms with Crippen LogP contribution < -0.4 is 0 Å². The Morgan fingerprint density at radius 2 is 1.86 bits per heavy atom. The molecule has 1 aromatic rings. The molecule has 1 aliphatic carbocycles. The van der Waals surface area contributed by atoms with Gasteiger partial charge < -0.3 is 9.47 Å². The van der Waals surface area contributed by atoms with Crippen LogP contribution in [0.4, 0.5) is 0 Å². The molecule has 0 atom stereocenters. The van der Waals surface area contributed by atoms with Gasteiger partial charge in [0.05, 0.1) is 17.9 Å². The summed E-state index contributed by atoms with van der Waals surface area (Å²) in [4.78, 5) is 12.4. The van der Waals surface area contributed by atoms with E-state index < -0.39 is 0 Å². The molecule has 1 aliphatic heterocycles. The molecule has 0 spiro atoms. The van der Waals surface area contributed by atoms with Crippen molar-refractivity contribution in [3.63, 3.8) is 0 Å². The normalized spacial score (nSPS) is 21.5. The molecule has 0 aromatic carbocycles. The number of carbonyl (C=O) groups is 1. The molecule has 1 saturated heterocycles. The van der Waals surface area contributed by atoms with Gasteiger partial charge in [-0.25, -0.2) is 4.79 Å². The number of carbonyl (C=O) groups excluding carboxylic acids is 1. The van der Waals surface area contributed by atoms with Crippen LogP contribution in [0.5, 0.6) is 0 Å². The Kier molecular flexibility index (Phi) is 5.13. The van der Waals surface area contributed by atoms with Crippen LogP contribution in [0.2, 0.25) is 0 Å². The van der Waals surface area contributed by atoms with E-state index in [0.29, 0.717) is 11.6 Å². The summed E-state index contributed by atoms with van der Waals surface area (Å²) in [6, 6.07) is 0.341. The summed E-state index contributed by atoms with van der Waals surface area (Å²) in [5.74, 6) is -0.206. The first-order valence-corrected chi connectivity index (χ1v) is 8.58. The summed E-state index contributed by atoms with van der Waals surface area (Å²) in [5, 5.41) is 4.43. The molecule has 0 N–H and O–H groups in total. The topological polar surface area (TPSA) is 53.3 Å². The molecule has 3 rings (SSSR count). The maximum absolute atomic E-state index is 12.4. The Balaban J connectivity index is 1.66. The summed E-state index contributed by atoms with van der Waals surface area (Å²) in [7, 11) is 0. The van der Waals surface area contributed by atoms with Crippen molar-refractivity contribution in [3.05, 3.63) is 17.5 Å². The van der Waals surface area contributed by atoms with Crippen molar-refractivity contribution in [1.82, 2.24) is 9.78 Å². The van der Waals surface area contributed by atoms with Crippen LogP contribution in [0.15, 0.2) is 6.20 Å². The molecule has 0 unspecified atom stereocenters. The molecule has 5 heteroatoms. The maximum Gasteiger partial charge on any atom is 0.341 e. The van der Waals surface area contributed by atoms with Crippen molar-refractivity contribution in [2.45, 2.75) is 70.4 Å². The number of ether oxygens (including phenoxy) is 2. The molecule has 0 bridgehead atoms. The lowest BCUT2D eigenvalue weighted by Gasteiger charge is -2.23. The summed E-state index contributed by atoms with van der Waals surface area (Å²) in [5.41, 5.74) is 1.54. The quantitative estimate of drug-likeness (QED) is 0.634. The Bertz CT molecular complexity index is 498. The van der Waals surface area contributed by atoms with Gasteiger partial charge in [0.1, 0.15) is 11.7 Å². The standard InChI is InChI=1S/C17H26N2O3/c1-13-16(12-18-19(13)14-8-10-21-11-9-14)17(20)22-15-6-4-2-3-5-7-15/h12,14-15H,2-11H2,1H3. The van der Waals surface area contributed by atoms with Gasteiger partial charge in [0, 0.05) is 13.2 Å². The number of rotatable bonds is 3. The largest absolute Gasteiger partial charge is 0.459 e. The molecule has 0 radical (unpaired) electrons. The summed E-state index contributed by atoms with van der Waals surface area (Å²) < 4.78 is 13.1. The van der Waals surface area contributed by atoms with Gasteiger partial charge in [0.2, 0.25) is 0 Å². The first kappa shape index (κ1) is 15.5. The highest BCUT2D eigenvalue weighted by molar-refractivity contribution is 5.90. The molecule has 1 saturated carbocycles. The molecule has 122 valence electrons. The van der Waals surface area contributed by atoms with E-state index >= 15 is 0 Å². The predicted octanol–water partition coefficient (Wildman–Crippen LogP) is 3.42. The van der Waals surface area contributed by atoms with Crippen LogP contribution in [0.1, 0.15) is 73.5 Å². The molecular weight excluding hydrogens is 280 g/mol. The van der Waals surface area contributed by atoms with Gasteiger partial charge in [-0.3, -0.25) is 4.68 Å². The molecule has 1 aromatic heterocycles. The predicted molar refractivity (Wildman–Crippen MR) is 83.0 cm³/mol. The van der Waals surface area contributed by atoms with Crippen molar-refractivity contribution in [3.8, 4) is 0 Å². The van der Waals surface area contributed by atoms with Gasteiger partial charge in [-0.2, -0.15) is 5.10 Å². The first-order chi connectivity index (χ1) is 10.8. The van der Waals surface area contributed by atoms with E-state index in [9.17, 15) is 4.79 Å². The number of aromatic nitrogens is 2. The average Bonchev–Trinajstić information content (AvgIpc) is 2.75. The van der Waals surface area contributed by atoms with Gasteiger partial charge in [0.15, 0.2) is 0 Å². The minimum absolute atomic E-state index is 0.0841. The third-order valence-electron chi connectivity index (χ3n) is 4.88. The van der Waals surface area contributed by atoms with Crippen LogP contribution in [0.25, 0.3) is 0 Å². The average molecular weight is 306 g/mol. The van der Waals surface area contributed by atoms with Crippen LogP contribution in [-0.4, -0.2) is 35.1 Å². The highest BCUT2D eigenvalue weighted by atomic mass is 16.5. The Morgan fingerprint density at radius 3 is 2.55 bits per heavy atom. The van der Waals surface area contributed by atoms with Gasteiger partial charge in [-0.1, -0.05) is 12.8 Å². The van der Waals surface area contributed by atoms with E-state index in [1.165, 1.54) is 12.8 Å². The van der Waals surface area contributed by atoms with Gasteiger partial charge in [0.25, 0.3) is 0 Å². The van der Waals surface area contributed by atoms with Crippen molar-refractivity contribution in [1.29, 1.82) is 0 Å². The molecule has 2 heterocycles. The molecule has 5 nitrogen and oxygen atoms in total. The Hall–Kier alpha value is -1.36. The van der Waals surface area contributed by atoms with E-state index in [-0.39, 0.29) is 12.1 Å². The highest BCUT2D eigenvalue weighted by Crippen LogP contribution is 2.25. The van der Waals surface area contributed by atoms with Crippen molar-refractivity contribution in [2.24, 2.45) is 0 Å². The van der Waals surface area contributed by atoms with Crippen molar-refractivity contribution in [2.75, 3.05) is 13.2 Å². The zero-order valence-electron chi connectivity index (χ0n) is 13.4. The van der Waals surface area contributed by atoms with Gasteiger partial charge in [-0.15, -0.1) is 0 Å². The van der Waals surface area contributed by atoms with Gasteiger partial charge >= 0.3 is 5.97 Å². The SMILES string of the molecule is Cc1c(C(=O)OC2CCCCCC2)cnn1C1CCOCC1. The fourth-order valence-electron chi connectivity index (χ4n) is 3.50. The van der Waals surface area contributed by atoms with Gasteiger partial charge in [-0.05, 0) is 45.4 Å². The maximum atomic E-state index is 12.4. The zero-order chi connectivity index (χ0) is 15.4. The monoisotopic (exact) mass is 306 g/mol. The minimum Gasteiger partial charge on any atom is -0.459 e. The van der Waals surface area contributed by atoms with E-state index in [1.54, 1.807) is 6.20 Å². The Labute approximate surface area is 132 Å². The summed E-state index contributed by atoms with van der Waals surface area (Å²) in [6.07, 6.45) is 10.5. The lowest BCUT2D eigenvalue weighted by atomic mass is 10.1. The second-order valence-electron chi connectivity index (χ2n) is 6.45. The lowest BCUT2D eigenvalue weighted by molar-refractivity contribution is 0.0266. The Morgan fingerprint density at radius 1 is 1.18 bits per heavy atom. The highest BCUT2D eigenvalue weighted by Gasteiger charge is 2.24. The third kappa shape index (κ3) is 3.51. The van der Waals surface area contributed by atoms with Crippen LogP contribution in [0, 0.1) is 6.92 Å².